The van der Waals surface area contributed by atoms with Crippen LogP contribution in [0.1, 0.15) is 12.2 Å². The van der Waals surface area contributed by atoms with Gasteiger partial charge in [0.2, 0.25) is 0 Å². The number of thiocarbonyl (C=S) groups is 1. The highest BCUT2D eigenvalue weighted by molar-refractivity contribution is 8.26. The molecule has 0 bridgehead atoms. The fourth-order valence-corrected chi connectivity index (χ4v) is 5.07. The lowest BCUT2D eigenvalue weighted by Gasteiger charge is -2.22. The molecule has 1 N–H and O–H groups in total. The third kappa shape index (κ3) is 5.19. The number of hydrogen-bond donors (Lipinski definition) is 1. The summed E-state index contributed by atoms with van der Waals surface area (Å²) in [5, 5.41) is 10.5. The van der Waals surface area contributed by atoms with E-state index >= 15 is 0 Å². The molecule has 0 unspecified atom stereocenters. The van der Waals surface area contributed by atoms with Gasteiger partial charge in [0.1, 0.15) is 21.9 Å². The highest BCUT2D eigenvalue weighted by atomic mass is 35.5. The molecule has 152 valence electrons. The van der Waals surface area contributed by atoms with Crippen LogP contribution in [0.4, 0.5) is 0 Å². The molecule has 1 saturated heterocycles. The molecule has 0 radical (unpaired) electrons. The Morgan fingerprint density at radius 2 is 2.03 bits per heavy atom. The first kappa shape index (κ1) is 22.2. The summed E-state index contributed by atoms with van der Waals surface area (Å²) in [6.07, 6.45) is 3.75. The first-order valence-corrected chi connectivity index (χ1v) is 11.7. The van der Waals surface area contributed by atoms with Gasteiger partial charge >= 0.3 is 5.97 Å². The van der Waals surface area contributed by atoms with Gasteiger partial charge in [-0.3, -0.25) is 9.69 Å². The predicted octanol–water partition coefficient (Wildman–Crippen LogP) is 5.66. The molecule has 1 amide bonds. The maximum Gasteiger partial charge on any atom is 0.326 e. The number of aliphatic carboxylic acids is 1. The standard InChI is InChI=1S/C19H15Cl2NO4S3/c1-28-5-4-14(18(24)25)22-17(23)16(29-19(22)27)9-13-2-3-15(26-13)10-6-11(20)8-12(21)7-10/h2-3,6-9,14H,4-5H2,1H3,(H,24,25)/b16-9+/t14-/m0/s1. The molecule has 29 heavy (non-hydrogen) atoms. The third-order valence-corrected chi connectivity index (χ3v) is 6.47. The van der Waals surface area contributed by atoms with Crippen molar-refractivity contribution < 1.29 is 19.1 Å². The van der Waals surface area contributed by atoms with E-state index in [1.165, 1.54) is 16.7 Å². The summed E-state index contributed by atoms with van der Waals surface area (Å²) in [5.41, 5.74) is 0.706. The molecular weight excluding hydrogens is 473 g/mol. The average Bonchev–Trinajstić information content (AvgIpc) is 3.21. The summed E-state index contributed by atoms with van der Waals surface area (Å²) in [6.45, 7) is 0. The molecule has 1 aromatic carbocycles. The van der Waals surface area contributed by atoms with Gasteiger partial charge in [-0.2, -0.15) is 11.8 Å². The first-order valence-electron chi connectivity index (χ1n) is 8.35. The van der Waals surface area contributed by atoms with Crippen molar-refractivity contribution >= 4 is 81.2 Å². The minimum absolute atomic E-state index is 0.225. The van der Waals surface area contributed by atoms with E-state index < -0.39 is 17.9 Å². The molecule has 10 heteroatoms. The highest BCUT2D eigenvalue weighted by Crippen LogP contribution is 2.36. The summed E-state index contributed by atoms with van der Waals surface area (Å²) in [6, 6.07) is 7.53. The van der Waals surface area contributed by atoms with Crippen LogP contribution < -0.4 is 0 Å². The van der Waals surface area contributed by atoms with Gasteiger partial charge in [-0.25, -0.2) is 4.79 Å². The summed E-state index contributed by atoms with van der Waals surface area (Å²) in [4.78, 5) is 25.9. The summed E-state index contributed by atoms with van der Waals surface area (Å²) in [5.74, 6) is 0.0793. The average molecular weight is 488 g/mol. The number of carboxylic acids is 1. The normalized spacial score (nSPS) is 16.7. The zero-order chi connectivity index (χ0) is 21.1. The highest BCUT2D eigenvalue weighted by Gasteiger charge is 2.40. The summed E-state index contributed by atoms with van der Waals surface area (Å²) >= 11 is 19.9. The lowest BCUT2D eigenvalue weighted by atomic mass is 10.2. The van der Waals surface area contributed by atoms with E-state index in [-0.39, 0.29) is 4.32 Å². The molecule has 1 fully saturated rings. The molecule has 0 aliphatic carbocycles. The van der Waals surface area contributed by atoms with E-state index in [1.54, 1.807) is 36.4 Å². The van der Waals surface area contributed by atoms with Gasteiger partial charge in [-0.05, 0) is 48.8 Å². The second-order valence-corrected chi connectivity index (χ2v) is 9.58. The molecule has 2 aromatic rings. The van der Waals surface area contributed by atoms with Crippen molar-refractivity contribution in [3.8, 4) is 11.3 Å². The number of rotatable bonds is 7. The topological polar surface area (TPSA) is 70.8 Å². The minimum Gasteiger partial charge on any atom is -0.480 e. The minimum atomic E-state index is -1.07. The molecule has 0 saturated carbocycles. The number of carboxylic acid groups (broad SMARTS) is 1. The van der Waals surface area contributed by atoms with E-state index in [0.717, 1.165) is 11.8 Å². The molecule has 1 aromatic heterocycles. The number of thioether (sulfide) groups is 2. The number of furan rings is 1. The zero-order valence-electron chi connectivity index (χ0n) is 15.1. The van der Waals surface area contributed by atoms with Crippen LogP contribution in [-0.2, 0) is 9.59 Å². The third-order valence-electron chi connectivity index (χ3n) is 4.06. The van der Waals surface area contributed by atoms with Crippen molar-refractivity contribution in [3.63, 3.8) is 0 Å². The Balaban J connectivity index is 1.84. The van der Waals surface area contributed by atoms with Gasteiger partial charge in [0.25, 0.3) is 5.91 Å². The molecule has 5 nitrogen and oxygen atoms in total. The van der Waals surface area contributed by atoms with E-state index in [4.69, 9.17) is 39.8 Å². The quantitative estimate of drug-likeness (QED) is 0.398. The number of amides is 1. The molecule has 2 heterocycles. The Morgan fingerprint density at radius 3 is 2.66 bits per heavy atom. The van der Waals surface area contributed by atoms with Gasteiger partial charge in [-0.15, -0.1) is 0 Å². The molecule has 0 spiro atoms. The number of carbonyl (C=O) groups is 2. The van der Waals surface area contributed by atoms with E-state index in [9.17, 15) is 14.7 Å². The van der Waals surface area contributed by atoms with Crippen molar-refractivity contribution in [2.75, 3.05) is 12.0 Å². The Morgan fingerprint density at radius 1 is 1.34 bits per heavy atom. The number of nitrogens with zero attached hydrogens (tertiary/aromatic N) is 1. The molecule has 1 atom stereocenters. The van der Waals surface area contributed by atoms with Gasteiger partial charge in [-0.1, -0.05) is 47.2 Å². The largest absolute Gasteiger partial charge is 0.480 e. The Kier molecular flexibility index (Phi) is 7.34. The summed E-state index contributed by atoms with van der Waals surface area (Å²) < 4.78 is 6.02. The van der Waals surface area contributed by atoms with Crippen LogP contribution in [0.15, 0.2) is 39.7 Å². The SMILES string of the molecule is CSCC[C@@H](C(=O)O)N1C(=O)/C(=C\c2ccc(-c3cc(Cl)cc(Cl)c3)o2)SC1=S. The smallest absolute Gasteiger partial charge is 0.326 e. The first-order chi connectivity index (χ1) is 13.8. The van der Waals surface area contributed by atoms with E-state index in [0.29, 0.717) is 44.2 Å². The number of hydrogen-bond acceptors (Lipinski definition) is 6. The molecule has 1 aliphatic heterocycles. The number of benzene rings is 1. The van der Waals surface area contributed by atoms with Crippen LogP contribution in [0.3, 0.4) is 0 Å². The monoisotopic (exact) mass is 487 g/mol. The summed E-state index contributed by atoms with van der Waals surface area (Å²) in [7, 11) is 0. The van der Waals surface area contributed by atoms with Gasteiger partial charge in [0, 0.05) is 21.7 Å². The number of carbonyl (C=O) groups excluding carboxylic acids is 1. The van der Waals surface area contributed by atoms with Crippen LogP contribution in [-0.4, -0.2) is 44.3 Å². The second kappa shape index (κ2) is 9.57. The molecule has 3 rings (SSSR count). The van der Waals surface area contributed by atoms with Crippen LogP contribution in [0, 0.1) is 0 Å². The lowest BCUT2D eigenvalue weighted by Crippen LogP contribution is -2.44. The molecule has 1 aliphatic rings. The van der Waals surface area contributed by atoms with Crippen LogP contribution in [0.2, 0.25) is 10.0 Å². The van der Waals surface area contributed by atoms with Gasteiger partial charge in [0.15, 0.2) is 0 Å². The maximum absolute atomic E-state index is 12.8. The van der Waals surface area contributed by atoms with Crippen molar-refractivity contribution in [1.82, 2.24) is 4.90 Å². The van der Waals surface area contributed by atoms with Crippen molar-refractivity contribution in [2.24, 2.45) is 0 Å². The Bertz CT molecular complexity index is 985. The second-order valence-electron chi connectivity index (χ2n) is 6.05. The van der Waals surface area contributed by atoms with Crippen LogP contribution in [0.5, 0.6) is 0 Å². The van der Waals surface area contributed by atoms with Gasteiger partial charge in [0.05, 0.1) is 4.91 Å². The van der Waals surface area contributed by atoms with Gasteiger partial charge < -0.3 is 9.52 Å². The zero-order valence-corrected chi connectivity index (χ0v) is 19.0. The van der Waals surface area contributed by atoms with Crippen molar-refractivity contribution in [1.29, 1.82) is 0 Å². The lowest BCUT2D eigenvalue weighted by molar-refractivity contribution is -0.145. The van der Waals surface area contributed by atoms with E-state index in [1.807, 2.05) is 6.26 Å². The molecular formula is C19H15Cl2NO4S3. The number of halogens is 2. The fourth-order valence-electron chi connectivity index (χ4n) is 2.75. The van der Waals surface area contributed by atoms with Crippen LogP contribution in [0.25, 0.3) is 17.4 Å². The predicted molar refractivity (Wildman–Crippen MR) is 124 cm³/mol. The fraction of sp³-hybridized carbons (Fsp3) is 0.211. The van der Waals surface area contributed by atoms with E-state index in [2.05, 4.69) is 0 Å². The van der Waals surface area contributed by atoms with Crippen molar-refractivity contribution in [2.45, 2.75) is 12.5 Å². The van der Waals surface area contributed by atoms with Crippen LogP contribution >= 0.6 is 58.9 Å². The van der Waals surface area contributed by atoms with Crippen molar-refractivity contribution in [3.05, 3.63) is 51.0 Å². The Hall–Kier alpha value is -1.45. The Labute approximate surface area is 191 Å². The maximum atomic E-state index is 12.8.